The van der Waals surface area contributed by atoms with Crippen LogP contribution in [0.1, 0.15) is 36.1 Å². The van der Waals surface area contributed by atoms with Crippen molar-refractivity contribution in [3.05, 3.63) is 28.8 Å². The zero-order chi connectivity index (χ0) is 14.4. The van der Waals surface area contributed by atoms with E-state index in [9.17, 15) is 5.11 Å². The molecule has 0 aliphatic carbocycles. The van der Waals surface area contributed by atoms with Gasteiger partial charge in [-0.15, -0.1) is 0 Å². The van der Waals surface area contributed by atoms with Gasteiger partial charge < -0.3 is 20.9 Å². The molecule has 0 spiro atoms. The van der Waals surface area contributed by atoms with Crippen LogP contribution in [0.15, 0.2) is 12.1 Å². The van der Waals surface area contributed by atoms with Gasteiger partial charge in [-0.2, -0.15) is 0 Å². The molecule has 19 heavy (non-hydrogen) atoms. The zero-order valence-electron chi connectivity index (χ0n) is 12.4. The van der Waals surface area contributed by atoms with Gasteiger partial charge >= 0.3 is 0 Å². The summed E-state index contributed by atoms with van der Waals surface area (Å²) >= 11 is 0. The minimum Gasteiger partial charge on any atom is -0.494 e. The van der Waals surface area contributed by atoms with Crippen LogP contribution >= 0.6 is 0 Å². The van der Waals surface area contributed by atoms with Crippen molar-refractivity contribution in [1.29, 1.82) is 0 Å². The van der Waals surface area contributed by atoms with Crippen LogP contribution in [-0.2, 0) is 0 Å². The van der Waals surface area contributed by atoms with E-state index in [1.807, 2.05) is 40.0 Å². The lowest BCUT2D eigenvalue weighted by atomic mass is 9.93. The van der Waals surface area contributed by atoms with Gasteiger partial charge in [0.1, 0.15) is 5.75 Å². The van der Waals surface area contributed by atoms with E-state index in [1.54, 1.807) is 0 Å². The van der Waals surface area contributed by atoms with Crippen molar-refractivity contribution in [2.75, 3.05) is 20.2 Å². The summed E-state index contributed by atoms with van der Waals surface area (Å²) < 4.78 is 5.55. The maximum absolute atomic E-state index is 10.3. The van der Waals surface area contributed by atoms with Crippen LogP contribution in [0.25, 0.3) is 0 Å². The van der Waals surface area contributed by atoms with E-state index in [4.69, 9.17) is 10.5 Å². The first kappa shape index (κ1) is 16.0. The van der Waals surface area contributed by atoms with Crippen LogP contribution in [0.2, 0.25) is 0 Å². The molecule has 108 valence electrons. The quantitative estimate of drug-likeness (QED) is 0.702. The minimum absolute atomic E-state index is 0.261. The molecule has 0 saturated carbocycles. The second-order valence-electron chi connectivity index (χ2n) is 4.84. The van der Waals surface area contributed by atoms with Crippen molar-refractivity contribution >= 4 is 0 Å². The highest BCUT2D eigenvalue weighted by Gasteiger charge is 2.20. The first-order valence-corrected chi connectivity index (χ1v) is 6.84. The summed E-state index contributed by atoms with van der Waals surface area (Å²) in [6, 6.07) is 3.57. The van der Waals surface area contributed by atoms with Crippen LogP contribution < -0.4 is 15.8 Å². The molecule has 4 N–H and O–H groups in total. The molecule has 2 atom stereocenters. The molecule has 0 heterocycles. The smallest absolute Gasteiger partial charge is 0.122 e. The fourth-order valence-corrected chi connectivity index (χ4v) is 2.15. The number of ether oxygens (including phenoxy) is 1. The number of aliphatic hydroxyl groups is 1. The van der Waals surface area contributed by atoms with Crippen molar-refractivity contribution in [1.82, 2.24) is 5.32 Å². The minimum atomic E-state index is -0.636. The van der Waals surface area contributed by atoms with Gasteiger partial charge in [-0.25, -0.2) is 0 Å². The standard InChI is InChI=1S/C15H26N2O2/c1-5-19-14-7-6-12(10(2)11(14)3)15(18)13(16)8-9-17-4/h6-7,13,15,17-18H,5,8-9,16H2,1-4H3. The lowest BCUT2D eigenvalue weighted by molar-refractivity contribution is 0.141. The Hall–Kier alpha value is -1.10. The molecule has 1 rings (SSSR count). The summed E-state index contributed by atoms with van der Waals surface area (Å²) in [6.07, 6.45) is 0.103. The highest BCUT2D eigenvalue weighted by atomic mass is 16.5. The van der Waals surface area contributed by atoms with E-state index >= 15 is 0 Å². The van der Waals surface area contributed by atoms with Gasteiger partial charge in [-0.3, -0.25) is 0 Å². The molecule has 4 nitrogen and oxygen atoms in total. The largest absolute Gasteiger partial charge is 0.494 e. The molecule has 0 aliphatic heterocycles. The van der Waals surface area contributed by atoms with Gasteiger partial charge in [0.2, 0.25) is 0 Å². The summed E-state index contributed by atoms with van der Waals surface area (Å²) in [4.78, 5) is 0. The molecule has 0 aliphatic rings. The van der Waals surface area contributed by atoms with Gasteiger partial charge in [0.25, 0.3) is 0 Å². The summed E-state index contributed by atoms with van der Waals surface area (Å²) in [7, 11) is 1.88. The number of nitrogens with one attached hydrogen (secondary N) is 1. The Labute approximate surface area is 116 Å². The van der Waals surface area contributed by atoms with E-state index < -0.39 is 6.10 Å². The van der Waals surface area contributed by atoms with Crippen LogP contribution in [0.5, 0.6) is 5.75 Å². The van der Waals surface area contributed by atoms with Gasteiger partial charge in [0.15, 0.2) is 0 Å². The first-order chi connectivity index (χ1) is 9.02. The van der Waals surface area contributed by atoms with E-state index in [2.05, 4.69) is 5.32 Å². The van der Waals surface area contributed by atoms with Crippen LogP contribution in [0.3, 0.4) is 0 Å². The maximum atomic E-state index is 10.3. The average Bonchev–Trinajstić information content (AvgIpc) is 2.41. The van der Waals surface area contributed by atoms with E-state index in [1.165, 1.54) is 0 Å². The van der Waals surface area contributed by atoms with Crippen LogP contribution in [-0.4, -0.2) is 31.3 Å². The Kier molecular flexibility index (Phi) is 6.28. The van der Waals surface area contributed by atoms with Crippen molar-refractivity contribution in [2.45, 2.75) is 39.3 Å². The van der Waals surface area contributed by atoms with Gasteiger partial charge in [-0.05, 0) is 63.5 Å². The molecular weight excluding hydrogens is 240 g/mol. The number of aliphatic hydroxyl groups excluding tert-OH is 1. The Bertz CT molecular complexity index is 407. The predicted octanol–water partition coefficient (Wildman–Crippen LogP) is 1.67. The van der Waals surface area contributed by atoms with Crippen molar-refractivity contribution < 1.29 is 9.84 Å². The maximum Gasteiger partial charge on any atom is 0.122 e. The second-order valence-corrected chi connectivity index (χ2v) is 4.84. The number of benzene rings is 1. The highest BCUT2D eigenvalue weighted by Crippen LogP contribution is 2.29. The predicted molar refractivity (Wildman–Crippen MR) is 78.6 cm³/mol. The number of nitrogens with two attached hydrogens (primary N) is 1. The average molecular weight is 266 g/mol. The first-order valence-electron chi connectivity index (χ1n) is 6.84. The lowest BCUT2D eigenvalue weighted by Gasteiger charge is -2.22. The molecule has 2 unspecified atom stereocenters. The normalized spacial score (nSPS) is 14.2. The molecule has 4 heteroatoms. The lowest BCUT2D eigenvalue weighted by Crippen LogP contribution is -2.32. The monoisotopic (exact) mass is 266 g/mol. The van der Waals surface area contributed by atoms with Crippen LogP contribution in [0, 0.1) is 13.8 Å². The molecule has 0 bridgehead atoms. The van der Waals surface area contributed by atoms with Crippen molar-refractivity contribution in [2.24, 2.45) is 5.73 Å². The summed E-state index contributed by atoms with van der Waals surface area (Å²) in [5, 5.41) is 13.4. The van der Waals surface area contributed by atoms with E-state index in [-0.39, 0.29) is 6.04 Å². The Morgan fingerprint density at radius 3 is 2.58 bits per heavy atom. The number of rotatable bonds is 7. The van der Waals surface area contributed by atoms with E-state index in [0.717, 1.165) is 35.4 Å². The Balaban J connectivity index is 2.91. The van der Waals surface area contributed by atoms with Crippen molar-refractivity contribution in [3.63, 3.8) is 0 Å². The van der Waals surface area contributed by atoms with Gasteiger partial charge in [-0.1, -0.05) is 6.07 Å². The third-order valence-corrected chi connectivity index (χ3v) is 3.53. The number of hydrogen-bond acceptors (Lipinski definition) is 4. The zero-order valence-corrected chi connectivity index (χ0v) is 12.4. The third-order valence-electron chi connectivity index (χ3n) is 3.53. The molecule has 1 aromatic carbocycles. The SMILES string of the molecule is CCOc1ccc(C(O)C(N)CCNC)c(C)c1C. The fraction of sp³-hybridized carbons (Fsp3) is 0.600. The van der Waals surface area contributed by atoms with Gasteiger partial charge in [0, 0.05) is 6.04 Å². The van der Waals surface area contributed by atoms with E-state index in [0.29, 0.717) is 6.61 Å². The van der Waals surface area contributed by atoms with Gasteiger partial charge in [0.05, 0.1) is 12.7 Å². The Morgan fingerprint density at radius 1 is 1.32 bits per heavy atom. The van der Waals surface area contributed by atoms with Crippen molar-refractivity contribution in [3.8, 4) is 5.75 Å². The summed E-state index contributed by atoms with van der Waals surface area (Å²) in [5.41, 5.74) is 9.05. The number of hydrogen-bond donors (Lipinski definition) is 3. The molecule has 0 saturated heterocycles. The summed E-state index contributed by atoms with van der Waals surface area (Å²) in [5.74, 6) is 0.875. The molecule has 0 fully saturated rings. The molecule has 0 radical (unpaired) electrons. The third kappa shape index (κ3) is 3.93. The van der Waals surface area contributed by atoms with Crippen LogP contribution in [0.4, 0.5) is 0 Å². The molecular formula is C15H26N2O2. The molecule has 1 aromatic rings. The molecule has 0 amide bonds. The Morgan fingerprint density at radius 2 is 2.00 bits per heavy atom. The fourth-order valence-electron chi connectivity index (χ4n) is 2.15. The summed E-state index contributed by atoms with van der Waals surface area (Å²) in [6.45, 7) is 7.42. The topological polar surface area (TPSA) is 67.5 Å². The highest BCUT2D eigenvalue weighted by molar-refractivity contribution is 5.44. The second kappa shape index (κ2) is 7.48. The molecule has 0 aromatic heterocycles.